The van der Waals surface area contributed by atoms with E-state index in [1.165, 1.54) is 0 Å². The first-order valence-electron chi connectivity index (χ1n) is 9.14. The molecule has 0 aliphatic carbocycles. The number of carbonyl (C=O) groups excluding carboxylic acids is 1. The Kier molecular flexibility index (Phi) is 6.58. The summed E-state index contributed by atoms with van der Waals surface area (Å²) in [5.74, 6) is 5.21. The molecule has 0 heterocycles. The van der Waals surface area contributed by atoms with Crippen LogP contribution in [0.3, 0.4) is 0 Å². The lowest BCUT2D eigenvalue weighted by molar-refractivity contribution is -0.117. The van der Waals surface area contributed by atoms with Gasteiger partial charge in [-0.2, -0.15) is 0 Å². The third-order valence-corrected chi connectivity index (χ3v) is 6.38. The molecule has 5 nitrogen and oxygen atoms in total. The summed E-state index contributed by atoms with van der Waals surface area (Å²) < 4.78 is 26.2. The van der Waals surface area contributed by atoms with Gasteiger partial charge in [-0.15, -0.1) is 4.79 Å². The number of rotatable bonds is 4. The first-order valence-corrected chi connectivity index (χ1v) is 10.6. The van der Waals surface area contributed by atoms with Gasteiger partial charge in [-0.1, -0.05) is 47.7 Å². The summed E-state index contributed by atoms with van der Waals surface area (Å²) >= 11 is 0. The van der Waals surface area contributed by atoms with Crippen LogP contribution in [0.2, 0.25) is 0 Å². The summed E-state index contributed by atoms with van der Waals surface area (Å²) in [6.45, 7) is 8.65. The molecule has 0 aromatic heterocycles. The molecule has 0 fully saturated rings. The van der Waals surface area contributed by atoms with Crippen molar-refractivity contribution in [1.82, 2.24) is 0 Å². The Hall–Kier alpha value is -3.00. The molecule has 6 heteroatoms. The molecule has 0 unspecified atom stereocenters. The van der Waals surface area contributed by atoms with Crippen LogP contribution in [0.1, 0.15) is 42.5 Å². The first-order chi connectivity index (χ1) is 13.5. The Morgan fingerprint density at radius 2 is 1.62 bits per heavy atom. The molecule has 0 spiro atoms. The van der Waals surface area contributed by atoms with E-state index in [4.69, 9.17) is 0 Å². The minimum absolute atomic E-state index is 0.00238. The van der Waals surface area contributed by atoms with Crippen molar-refractivity contribution in [2.24, 2.45) is 5.41 Å². The van der Waals surface area contributed by atoms with E-state index in [0.717, 1.165) is 11.1 Å². The van der Waals surface area contributed by atoms with Crippen molar-refractivity contribution in [3.63, 3.8) is 0 Å². The number of nitrogens with zero attached hydrogens (tertiary/aromatic N) is 2. The number of ketones is 1. The minimum Gasteiger partial charge on any atom is -0.360 e. The van der Waals surface area contributed by atoms with E-state index < -0.39 is 26.1 Å². The fourth-order valence-electron chi connectivity index (χ4n) is 3.23. The smallest absolute Gasteiger partial charge is 0.360 e. The highest BCUT2D eigenvalue weighted by Crippen LogP contribution is 2.26. The largest absolute Gasteiger partial charge is 0.452 e. The molecule has 0 saturated heterocycles. The Bertz CT molecular complexity index is 1140. The van der Waals surface area contributed by atoms with E-state index >= 15 is 0 Å². The van der Waals surface area contributed by atoms with Gasteiger partial charge in [0.25, 0.3) is 15.6 Å². The average molecular weight is 409 g/mol. The molecular formula is C23H24N2O3S. The zero-order chi connectivity index (χ0) is 21.8. The third-order valence-electron chi connectivity index (χ3n) is 4.38. The summed E-state index contributed by atoms with van der Waals surface area (Å²) in [6.07, 6.45) is -0.199. The maximum Gasteiger partial charge on any atom is 0.452 e. The van der Waals surface area contributed by atoms with Gasteiger partial charge < -0.3 is 5.53 Å². The molecule has 0 radical (unpaired) electrons. The second-order valence-corrected chi connectivity index (χ2v) is 9.54. The first kappa shape index (κ1) is 22.3. The lowest BCUT2D eigenvalue weighted by atomic mass is 9.88. The predicted molar refractivity (Wildman–Crippen MR) is 113 cm³/mol. The van der Waals surface area contributed by atoms with Gasteiger partial charge >= 0.3 is 5.04 Å². The van der Waals surface area contributed by atoms with Crippen molar-refractivity contribution in [3.8, 4) is 11.8 Å². The van der Waals surface area contributed by atoms with Gasteiger partial charge in [-0.25, -0.2) is 8.42 Å². The van der Waals surface area contributed by atoms with Gasteiger partial charge in [0.15, 0.2) is 0 Å². The molecular weight excluding hydrogens is 384 g/mol. The summed E-state index contributed by atoms with van der Waals surface area (Å²) in [6, 6.07) is 12.7. The van der Waals surface area contributed by atoms with Gasteiger partial charge in [0, 0.05) is 17.4 Å². The van der Waals surface area contributed by atoms with Gasteiger partial charge in [-0.05, 0) is 57.9 Å². The topological polar surface area (TPSA) is 87.6 Å². The van der Waals surface area contributed by atoms with E-state index in [0.29, 0.717) is 11.1 Å². The van der Waals surface area contributed by atoms with Crippen LogP contribution >= 0.6 is 0 Å². The molecule has 0 bridgehead atoms. The van der Waals surface area contributed by atoms with Crippen molar-refractivity contribution in [1.29, 1.82) is 0 Å². The highest BCUT2D eigenvalue weighted by Gasteiger charge is 2.41. The quantitative estimate of drug-likeness (QED) is 0.251. The zero-order valence-corrected chi connectivity index (χ0v) is 18.1. The Balaban J connectivity index is 2.36. The maximum absolute atomic E-state index is 13.1. The second-order valence-electron chi connectivity index (χ2n) is 7.74. The van der Waals surface area contributed by atoms with E-state index in [9.17, 15) is 18.7 Å². The normalized spacial score (nSPS) is 11.2. The summed E-state index contributed by atoms with van der Waals surface area (Å²) in [5, 5.41) is -0.859. The molecule has 0 aliphatic rings. The fraction of sp³-hybridized carbons (Fsp3) is 0.304. The SMILES string of the molecule is Cc1cc(C)c(S(=O)(=O)C(=[N+]=[N-])C(=O)CC(C)(C)C#Cc2ccccc2)c(C)c1. The van der Waals surface area contributed by atoms with E-state index in [2.05, 4.69) is 16.6 Å². The highest BCUT2D eigenvalue weighted by atomic mass is 32.2. The van der Waals surface area contributed by atoms with Crippen molar-refractivity contribution in [3.05, 3.63) is 70.2 Å². The Morgan fingerprint density at radius 1 is 1.07 bits per heavy atom. The predicted octanol–water partition coefficient (Wildman–Crippen LogP) is 4.05. The molecule has 0 amide bonds. The summed E-state index contributed by atoms with van der Waals surface area (Å²) in [5.41, 5.74) is 11.3. The van der Waals surface area contributed by atoms with Crippen LogP contribution in [-0.2, 0) is 14.6 Å². The van der Waals surface area contributed by atoms with Gasteiger partial charge in [0.2, 0.25) is 0 Å². The van der Waals surface area contributed by atoms with Crippen molar-refractivity contribution in [2.75, 3.05) is 0 Å². The number of carbonyl (C=O) groups is 1. The number of hydrogen-bond donors (Lipinski definition) is 0. The van der Waals surface area contributed by atoms with Crippen LogP contribution < -0.4 is 0 Å². The Labute approximate surface area is 172 Å². The maximum atomic E-state index is 13.1. The lowest BCUT2D eigenvalue weighted by Gasteiger charge is -2.15. The molecule has 2 rings (SSSR count). The molecule has 0 N–H and O–H groups in total. The third kappa shape index (κ3) is 5.29. The average Bonchev–Trinajstić information content (AvgIpc) is 2.59. The van der Waals surface area contributed by atoms with Crippen LogP contribution in [0.4, 0.5) is 0 Å². The Morgan fingerprint density at radius 3 is 2.14 bits per heavy atom. The summed E-state index contributed by atoms with van der Waals surface area (Å²) in [4.78, 5) is 15.6. The number of benzene rings is 2. The molecule has 0 aliphatic heterocycles. The molecule has 2 aromatic carbocycles. The van der Waals surface area contributed by atoms with Gasteiger partial charge in [0.1, 0.15) is 0 Å². The van der Waals surface area contributed by atoms with Gasteiger partial charge in [-0.3, -0.25) is 4.79 Å². The minimum atomic E-state index is -4.27. The van der Waals surface area contributed by atoms with Crippen LogP contribution in [0.15, 0.2) is 47.4 Å². The van der Waals surface area contributed by atoms with Crippen LogP contribution in [0, 0.1) is 38.0 Å². The van der Waals surface area contributed by atoms with Crippen molar-refractivity contribution in [2.45, 2.75) is 45.9 Å². The number of Topliss-reactive ketones (excluding diaryl/α,β-unsaturated/α-hetero) is 1. The fourth-order valence-corrected chi connectivity index (χ4v) is 4.87. The van der Waals surface area contributed by atoms with Crippen LogP contribution in [-0.4, -0.2) is 24.0 Å². The number of sulfone groups is 1. The second kappa shape index (κ2) is 8.57. The van der Waals surface area contributed by atoms with Crippen molar-refractivity contribution >= 4 is 20.7 Å². The van der Waals surface area contributed by atoms with Gasteiger partial charge in [0.05, 0.1) is 4.90 Å². The van der Waals surface area contributed by atoms with E-state index in [1.807, 2.05) is 37.3 Å². The number of hydrogen-bond acceptors (Lipinski definition) is 3. The van der Waals surface area contributed by atoms with Crippen molar-refractivity contribution < 1.29 is 18.0 Å². The lowest BCUT2D eigenvalue weighted by Crippen LogP contribution is -2.30. The summed E-state index contributed by atoms with van der Waals surface area (Å²) in [7, 11) is -4.27. The van der Waals surface area contributed by atoms with E-state index in [1.54, 1.807) is 39.8 Å². The molecule has 0 saturated carbocycles. The molecule has 29 heavy (non-hydrogen) atoms. The monoisotopic (exact) mass is 408 g/mol. The van der Waals surface area contributed by atoms with Crippen LogP contribution in [0.25, 0.3) is 5.53 Å². The molecule has 150 valence electrons. The highest BCUT2D eigenvalue weighted by molar-refractivity contribution is 8.08. The standard InChI is InChI=1S/C23H24N2O3S/c1-16-13-17(2)21(18(3)14-16)29(27,28)22(25-24)20(26)15-23(4,5)12-11-19-9-7-6-8-10-19/h6-10,13-14H,15H2,1-5H3. The van der Waals surface area contributed by atoms with Crippen LogP contribution in [0.5, 0.6) is 0 Å². The number of aryl methyl sites for hydroxylation is 3. The molecule has 2 aromatic rings. The molecule has 0 atom stereocenters. The van der Waals surface area contributed by atoms with E-state index in [-0.39, 0.29) is 11.3 Å². The zero-order valence-electron chi connectivity index (χ0n) is 17.3.